The second-order valence-electron chi connectivity index (χ2n) is 5.23. The number of amides is 1. The van der Waals surface area contributed by atoms with E-state index < -0.39 is 0 Å². The molecule has 0 saturated carbocycles. The van der Waals surface area contributed by atoms with Gasteiger partial charge >= 0.3 is 0 Å². The van der Waals surface area contributed by atoms with Crippen LogP contribution in [0.15, 0.2) is 55.1 Å². The van der Waals surface area contributed by atoms with Gasteiger partial charge in [-0.3, -0.25) is 9.78 Å². The number of carbonyl (C=O) groups excluding carboxylic acids is 1. The van der Waals surface area contributed by atoms with Crippen molar-refractivity contribution in [2.24, 2.45) is 0 Å². The summed E-state index contributed by atoms with van der Waals surface area (Å²) < 4.78 is 6.78. The first-order valence-corrected chi connectivity index (χ1v) is 7.51. The van der Waals surface area contributed by atoms with E-state index in [1.54, 1.807) is 41.2 Å². The number of nitrogens with one attached hydrogen (secondary N) is 1. The quantitative estimate of drug-likeness (QED) is 0.774. The van der Waals surface area contributed by atoms with Gasteiger partial charge in [-0.1, -0.05) is 12.1 Å². The largest absolute Gasteiger partial charge is 0.497 e. The molecule has 0 radical (unpaired) electrons. The third-order valence-corrected chi connectivity index (χ3v) is 3.58. The highest BCUT2D eigenvalue weighted by molar-refractivity contribution is 6.04. The van der Waals surface area contributed by atoms with Gasteiger partial charge in [0, 0.05) is 18.0 Å². The van der Waals surface area contributed by atoms with Crippen molar-refractivity contribution >= 4 is 11.7 Å². The summed E-state index contributed by atoms with van der Waals surface area (Å²) >= 11 is 0. The minimum atomic E-state index is -0.359. The van der Waals surface area contributed by atoms with Gasteiger partial charge in [-0.05, 0) is 29.8 Å². The number of anilines is 1. The molecule has 0 aliphatic heterocycles. The van der Waals surface area contributed by atoms with Crippen molar-refractivity contribution in [3.63, 3.8) is 0 Å². The normalized spacial score (nSPS) is 10.1. The number of nitriles is 1. The molecule has 3 rings (SSSR count). The highest BCUT2D eigenvalue weighted by Crippen LogP contribution is 2.17. The van der Waals surface area contributed by atoms with Crippen molar-refractivity contribution < 1.29 is 9.53 Å². The fraction of sp³-hybridized carbons (Fsp3) is 0.111. The van der Waals surface area contributed by atoms with Gasteiger partial charge < -0.3 is 14.6 Å². The maximum absolute atomic E-state index is 12.4. The zero-order valence-electron chi connectivity index (χ0n) is 13.5. The van der Waals surface area contributed by atoms with Crippen LogP contribution >= 0.6 is 0 Å². The first kappa shape index (κ1) is 16.2. The number of imidazole rings is 1. The van der Waals surface area contributed by atoms with Crippen LogP contribution in [0, 0.1) is 11.3 Å². The molecule has 1 N–H and O–H groups in total. The molecule has 0 aliphatic carbocycles. The number of aromatic nitrogens is 3. The van der Waals surface area contributed by atoms with Crippen molar-refractivity contribution in [2.45, 2.75) is 6.54 Å². The van der Waals surface area contributed by atoms with Crippen molar-refractivity contribution in [1.29, 1.82) is 5.26 Å². The molecule has 7 heteroatoms. The Hall–Kier alpha value is -3.66. The summed E-state index contributed by atoms with van der Waals surface area (Å²) in [7, 11) is 1.53. The Balaban J connectivity index is 1.81. The van der Waals surface area contributed by atoms with Crippen LogP contribution in [0.3, 0.4) is 0 Å². The monoisotopic (exact) mass is 333 g/mol. The molecule has 0 unspecified atom stereocenters. The van der Waals surface area contributed by atoms with E-state index in [4.69, 9.17) is 4.74 Å². The van der Waals surface area contributed by atoms with Gasteiger partial charge in [0.25, 0.3) is 5.91 Å². The number of pyridine rings is 1. The lowest BCUT2D eigenvalue weighted by Crippen LogP contribution is -2.13. The van der Waals surface area contributed by atoms with Crippen molar-refractivity contribution in [3.05, 3.63) is 71.9 Å². The van der Waals surface area contributed by atoms with E-state index in [0.717, 1.165) is 5.56 Å². The number of rotatable bonds is 5. The van der Waals surface area contributed by atoms with E-state index in [1.807, 2.05) is 12.1 Å². The number of benzene rings is 1. The first-order valence-electron chi connectivity index (χ1n) is 7.51. The van der Waals surface area contributed by atoms with E-state index in [-0.39, 0.29) is 17.4 Å². The second-order valence-corrected chi connectivity index (χ2v) is 5.23. The molecule has 2 heterocycles. The lowest BCUT2D eigenvalue weighted by Gasteiger charge is -2.06. The van der Waals surface area contributed by atoms with E-state index in [0.29, 0.717) is 17.9 Å². The van der Waals surface area contributed by atoms with Gasteiger partial charge in [0.05, 0.1) is 20.0 Å². The molecule has 0 aliphatic rings. The predicted octanol–water partition coefficient (Wildman–Crippen LogP) is 2.46. The van der Waals surface area contributed by atoms with Gasteiger partial charge in [0.2, 0.25) is 0 Å². The standard InChI is InChI=1S/C18H15N5O2/c1-25-15-6-2-5-14(8-15)18(24)22-17-16(9-19)23(12-21-17)11-13-4-3-7-20-10-13/h2-8,10,12H,11H2,1H3,(H,22,24). The predicted molar refractivity (Wildman–Crippen MR) is 91.2 cm³/mol. The summed E-state index contributed by atoms with van der Waals surface area (Å²) in [6.07, 6.45) is 4.92. The molecule has 2 aromatic heterocycles. The highest BCUT2D eigenvalue weighted by Gasteiger charge is 2.15. The molecular formula is C18H15N5O2. The van der Waals surface area contributed by atoms with E-state index >= 15 is 0 Å². The molecule has 0 bridgehead atoms. The van der Waals surface area contributed by atoms with Crippen molar-refractivity contribution in [3.8, 4) is 11.8 Å². The second kappa shape index (κ2) is 7.27. The molecule has 124 valence electrons. The minimum Gasteiger partial charge on any atom is -0.497 e. The number of methoxy groups -OCH3 is 1. The maximum atomic E-state index is 12.4. The summed E-state index contributed by atoms with van der Waals surface area (Å²) in [5.74, 6) is 0.441. The topological polar surface area (TPSA) is 92.8 Å². The number of carbonyl (C=O) groups is 1. The summed E-state index contributed by atoms with van der Waals surface area (Å²) in [5.41, 5.74) is 1.63. The summed E-state index contributed by atoms with van der Waals surface area (Å²) in [4.78, 5) is 20.6. The van der Waals surface area contributed by atoms with Crippen LogP contribution in [0.5, 0.6) is 5.75 Å². The lowest BCUT2D eigenvalue weighted by atomic mass is 10.2. The Kier molecular flexibility index (Phi) is 4.72. The van der Waals surface area contributed by atoms with E-state index in [1.165, 1.54) is 13.4 Å². The van der Waals surface area contributed by atoms with Crippen molar-refractivity contribution in [2.75, 3.05) is 12.4 Å². The summed E-state index contributed by atoms with van der Waals surface area (Å²) in [5, 5.41) is 12.1. The molecule has 0 saturated heterocycles. The Morgan fingerprint density at radius 1 is 1.36 bits per heavy atom. The van der Waals surface area contributed by atoms with Gasteiger partial charge in [0.15, 0.2) is 11.5 Å². The van der Waals surface area contributed by atoms with Gasteiger partial charge in [0.1, 0.15) is 11.8 Å². The van der Waals surface area contributed by atoms with Gasteiger partial charge in [-0.15, -0.1) is 0 Å². The Morgan fingerprint density at radius 2 is 2.24 bits per heavy atom. The molecule has 0 fully saturated rings. The Bertz CT molecular complexity index is 928. The van der Waals surface area contributed by atoms with Crippen molar-refractivity contribution in [1.82, 2.24) is 14.5 Å². The molecule has 25 heavy (non-hydrogen) atoms. The zero-order valence-corrected chi connectivity index (χ0v) is 13.5. The van der Waals surface area contributed by atoms with Crippen LogP contribution < -0.4 is 10.1 Å². The first-order chi connectivity index (χ1) is 12.2. The molecular weight excluding hydrogens is 318 g/mol. The van der Waals surface area contributed by atoms with E-state index in [2.05, 4.69) is 21.4 Å². The minimum absolute atomic E-state index is 0.221. The third-order valence-electron chi connectivity index (χ3n) is 3.58. The molecule has 0 spiro atoms. The molecule has 0 atom stereocenters. The molecule has 1 amide bonds. The number of hydrogen-bond acceptors (Lipinski definition) is 5. The molecule has 3 aromatic rings. The Labute approximate surface area is 144 Å². The lowest BCUT2D eigenvalue weighted by molar-refractivity contribution is 0.102. The average molecular weight is 333 g/mol. The number of nitrogens with zero attached hydrogens (tertiary/aromatic N) is 4. The molecule has 7 nitrogen and oxygen atoms in total. The SMILES string of the molecule is COc1cccc(C(=O)Nc2ncn(Cc3cccnc3)c2C#N)c1. The van der Waals surface area contributed by atoms with Gasteiger partial charge in [-0.2, -0.15) is 5.26 Å². The van der Waals surface area contributed by atoms with Crippen LogP contribution in [0.1, 0.15) is 21.6 Å². The van der Waals surface area contributed by atoms with Crippen LogP contribution in [0.25, 0.3) is 0 Å². The Morgan fingerprint density at radius 3 is 2.96 bits per heavy atom. The van der Waals surface area contributed by atoms with Crippen LogP contribution in [0.4, 0.5) is 5.82 Å². The number of ether oxygens (including phenoxy) is 1. The highest BCUT2D eigenvalue weighted by atomic mass is 16.5. The summed E-state index contributed by atoms with van der Waals surface area (Å²) in [6.45, 7) is 0.443. The maximum Gasteiger partial charge on any atom is 0.257 e. The average Bonchev–Trinajstić information content (AvgIpc) is 3.03. The number of hydrogen-bond donors (Lipinski definition) is 1. The van der Waals surface area contributed by atoms with Crippen LogP contribution in [-0.4, -0.2) is 27.6 Å². The van der Waals surface area contributed by atoms with Crippen LogP contribution in [-0.2, 0) is 6.54 Å². The third kappa shape index (κ3) is 3.64. The smallest absolute Gasteiger partial charge is 0.257 e. The zero-order chi connectivity index (χ0) is 17.6. The summed E-state index contributed by atoms with van der Waals surface area (Å²) in [6, 6.07) is 12.6. The van der Waals surface area contributed by atoms with E-state index in [9.17, 15) is 10.1 Å². The fourth-order valence-electron chi connectivity index (χ4n) is 2.34. The van der Waals surface area contributed by atoms with Crippen LogP contribution in [0.2, 0.25) is 0 Å². The van der Waals surface area contributed by atoms with Gasteiger partial charge in [-0.25, -0.2) is 4.98 Å². The fourth-order valence-corrected chi connectivity index (χ4v) is 2.34. The molecule has 1 aromatic carbocycles.